The van der Waals surface area contributed by atoms with Crippen LogP contribution in [0.2, 0.25) is 0 Å². The molecule has 1 N–H and O–H groups in total. The van der Waals surface area contributed by atoms with Gasteiger partial charge in [-0.05, 0) is 46.6 Å². The highest BCUT2D eigenvalue weighted by molar-refractivity contribution is 9.10. The number of hydrogen-bond acceptors (Lipinski definition) is 3. The van der Waals surface area contributed by atoms with Gasteiger partial charge in [-0.3, -0.25) is 9.78 Å². The Morgan fingerprint density at radius 2 is 2.23 bits per heavy atom. The van der Waals surface area contributed by atoms with Crippen LogP contribution in [0.1, 0.15) is 16.7 Å². The lowest BCUT2D eigenvalue weighted by Crippen LogP contribution is -2.24. The van der Waals surface area contributed by atoms with Gasteiger partial charge in [0.1, 0.15) is 5.58 Å². The molecule has 2 heterocycles. The Labute approximate surface area is 136 Å². The van der Waals surface area contributed by atoms with Gasteiger partial charge in [-0.2, -0.15) is 0 Å². The van der Waals surface area contributed by atoms with Crippen molar-refractivity contribution in [1.29, 1.82) is 0 Å². The van der Waals surface area contributed by atoms with Gasteiger partial charge in [-0.25, -0.2) is 0 Å². The maximum absolute atomic E-state index is 12.2. The molecule has 4 nitrogen and oxygen atoms in total. The SMILES string of the molecule is Cc1ccc2oc(Br)c(CC(=O)NCc3cccnc3)c2c1. The number of fused-ring (bicyclic) bond motifs is 1. The minimum absolute atomic E-state index is 0.0474. The molecule has 0 saturated carbocycles. The highest BCUT2D eigenvalue weighted by Crippen LogP contribution is 2.31. The Morgan fingerprint density at radius 3 is 3.00 bits per heavy atom. The predicted molar refractivity (Wildman–Crippen MR) is 88.4 cm³/mol. The van der Waals surface area contributed by atoms with E-state index < -0.39 is 0 Å². The Balaban J connectivity index is 1.74. The molecule has 112 valence electrons. The number of amides is 1. The molecule has 0 aliphatic rings. The fraction of sp³-hybridized carbons (Fsp3) is 0.176. The van der Waals surface area contributed by atoms with E-state index >= 15 is 0 Å². The number of pyridine rings is 1. The third kappa shape index (κ3) is 3.20. The molecule has 0 atom stereocenters. The maximum Gasteiger partial charge on any atom is 0.224 e. The number of hydrogen-bond donors (Lipinski definition) is 1. The fourth-order valence-electron chi connectivity index (χ4n) is 2.32. The maximum atomic E-state index is 12.2. The van der Waals surface area contributed by atoms with Crippen LogP contribution in [0.5, 0.6) is 0 Å². The van der Waals surface area contributed by atoms with Crippen LogP contribution < -0.4 is 5.32 Å². The van der Waals surface area contributed by atoms with Gasteiger partial charge in [0.15, 0.2) is 4.67 Å². The minimum atomic E-state index is -0.0474. The van der Waals surface area contributed by atoms with Gasteiger partial charge >= 0.3 is 0 Å². The Bertz CT molecular complexity index is 812. The Morgan fingerprint density at radius 1 is 1.36 bits per heavy atom. The molecule has 2 aromatic heterocycles. The van der Waals surface area contributed by atoms with Crippen molar-refractivity contribution in [2.24, 2.45) is 0 Å². The number of aromatic nitrogens is 1. The molecule has 3 aromatic rings. The first kappa shape index (κ1) is 14.8. The van der Waals surface area contributed by atoms with Crippen molar-refractivity contribution >= 4 is 32.8 Å². The Hall–Kier alpha value is -2.14. The van der Waals surface area contributed by atoms with Crippen molar-refractivity contribution in [2.45, 2.75) is 19.9 Å². The molecule has 0 fully saturated rings. The Kier molecular flexibility index (Phi) is 4.24. The summed E-state index contributed by atoms with van der Waals surface area (Å²) < 4.78 is 6.26. The van der Waals surface area contributed by atoms with E-state index in [0.717, 1.165) is 27.7 Å². The van der Waals surface area contributed by atoms with Crippen LogP contribution in [0.25, 0.3) is 11.0 Å². The van der Waals surface area contributed by atoms with E-state index in [2.05, 4.69) is 26.2 Å². The van der Waals surface area contributed by atoms with E-state index in [1.165, 1.54) is 0 Å². The van der Waals surface area contributed by atoms with Crippen molar-refractivity contribution in [1.82, 2.24) is 10.3 Å². The molecule has 0 unspecified atom stereocenters. The zero-order valence-electron chi connectivity index (χ0n) is 12.1. The van der Waals surface area contributed by atoms with Crippen LogP contribution in [0.15, 0.2) is 51.8 Å². The van der Waals surface area contributed by atoms with Crippen LogP contribution in [0, 0.1) is 6.92 Å². The molecule has 22 heavy (non-hydrogen) atoms. The summed E-state index contributed by atoms with van der Waals surface area (Å²) in [5.74, 6) is -0.0474. The van der Waals surface area contributed by atoms with E-state index in [9.17, 15) is 4.79 Å². The highest BCUT2D eigenvalue weighted by Gasteiger charge is 2.15. The van der Waals surface area contributed by atoms with Gasteiger partial charge in [0.05, 0.1) is 6.42 Å². The lowest BCUT2D eigenvalue weighted by Gasteiger charge is -2.05. The molecule has 1 amide bonds. The van der Waals surface area contributed by atoms with Crippen LogP contribution in [0.4, 0.5) is 0 Å². The predicted octanol–water partition coefficient (Wildman–Crippen LogP) is 3.76. The third-order valence-electron chi connectivity index (χ3n) is 3.45. The molecular formula is C17H15BrN2O2. The largest absolute Gasteiger partial charge is 0.449 e. The molecular weight excluding hydrogens is 344 g/mol. The number of halogens is 1. The normalized spacial score (nSPS) is 10.8. The molecule has 0 spiro atoms. The first-order valence-corrected chi connectivity index (χ1v) is 7.76. The standard InChI is InChI=1S/C17H15BrN2O2/c1-11-4-5-15-13(7-11)14(17(18)22-15)8-16(21)20-10-12-3-2-6-19-9-12/h2-7,9H,8,10H2,1H3,(H,20,21). The van der Waals surface area contributed by atoms with Gasteiger partial charge in [0, 0.05) is 29.9 Å². The number of furan rings is 1. The second-order valence-corrected chi connectivity index (χ2v) is 5.89. The van der Waals surface area contributed by atoms with Crippen LogP contribution in [-0.2, 0) is 17.8 Å². The van der Waals surface area contributed by atoms with E-state index in [-0.39, 0.29) is 12.3 Å². The number of aryl methyl sites for hydroxylation is 1. The summed E-state index contributed by atoms with van der Waals surface area (Å²) in [4.78, 5) is 16.2. The van der Waals surface area contributed by atoms with Crippen molar-refractivity contribution in [3.05, 3.63) is 64.1 Å². The summed E-state index contributed by atoms with van der Waals surface area (Å²) in [5.41, 5.74) is 3.77. The molecule has 1 aromatic carbocycles. The summed E-state index contributed by atoms with van der Waals surface area (Å²) in [6.07, 6.45) is 3.73. The fourth-order valence-corrected chi connectivity index (χ4v) is 2.85. The number of carbonyl (C=O) groups is 1. The minimum Gasteiger partial charge on any atom is -0.449 e. The molecule has 0 aliphatic heterocycles. The van der Waals surface area contributed by atoms with Gasteiger partial charge in [-0.15, -0.1) is 0 Å². The monoisotopic (exact) mass is 358 g/mol. The third-order valence-corrected chi connectivity index (χ3v) is 4.09. The second kappa shape index (κ2) is 6.32. The van der Waals surface area contributed by atoms with Crippen LogP contribution in [-0.4, -0.2) is 10.9 Å². The second-order valence-electron chi connectivity index (χ2n) is 5.17. The highest BCUT2D eigenvalue weighted by atomic mass is 79.9. The number of rotatable bonds is 4. The lowest BCUT2D eigenvalue weighted by atomic mass is 10.1. The molecule has 0 aliphatic carbocycles. The van der Waals surface area contributed by atoms with Gasteiger partial charge in [0.2, 0.25) is 5.91 Å². The summed E-state index contributed by atoms with van der Waals surface area (Å²) >= 11 is 3.40. The first-order valence-electron chi connectivity index (χ1n) is 6.96. The first-order chi connectivity index (χ1) is 10.6. The zero-order valence-corrected chi connectivity index (χ0v) is 13.7. The quantitative estimate of drug-likeness (QED) is 0.772. The van der Waals surface area contributed by atoms with E-state index in [1.54, 1.807) is 12.4 Å². The van der Waals surface area contributed by atoms with Gasteiger partial charge in [0.25, 0.3) is 0 Å². The number of benzene rings is 1. The lowest BCUT2D eigenvalue weighted by molar-refractivity contribution is -0.120. The summed E-state index contributed by atoms with van der Waals surface area (Å²) in [6.45, 7) is 2.49. The van der Waals surface area contributed by atoms with E-state index in [1.807, 2.05) is 37.3 Å². The van der Waals surface area contributed by atoms with Crippen LogP contribution >= 0.6 is 15.9 Å². The number of nitrogens with zero attached hydrogens (tertiary/aromatic N) is 1. The molecule has 0 radical (unpaired) electrons. The van der Waals surface area contributed by atoms with E-state index in [0.29, 0.717) is 11.2 Å². The molecule has 5 heteroatoms. The number of nitrogens with one attached hydrogen (secondary N) is 1. The van der Waals surface area contributed by atoms with Gasteiger partial charge in [-0.1, -0.05) is 17.7 Å². The molecule has 0 bridgehead atoms. The summed E-state index contributed by atoms with van der Waals surface area (Å²) in [7, 11) is 0. The molecule has 0 saturated heterocycles. The topological polar surface area (TPSA) is 55.1 Å². The van der Waals surface area contributed by atoms with Crippen LogP contribution in [0.3, 0.4) is 0 Å². The van der Waals surface area contributed by atoms with Gasteiger partial charge < -0.3 is 9.73 Å². The van der Waals surface area contributed by atoms with E-state index in [4.69, 9.17) is 4.42 Å². The van der Waals surface area contributed by atoms with Crippen molar-refractivity contribution in [3.8, 4) is 0 Å². The zero-order chi connectivity index (χ0) is 15.5. The van der Waals surface area contributed by atoms with Crippen molar-refractivity contribution in [2.75, 3.05) is 0 Å². The molecule has 3 rings (SSSR count). The summed E-state index contributed by atoms with van der Waals surface area (Å²) in [5, 5.41) is 3.88. The summed E-state index contributed by atoms with van der Waals surface area (Å²) in [6, 6.07) is 9.73. The average molecular weight is 359 g/mol. The van der Waals surface area contributed by atoms with Crippen molar-refractivity contribution in [3.63, 3.8) is 0 Å². The average Bonchev–Trinajstić information content (AvgIpc) is 2.82. The number of carbonyl (C=O) groups excluding carboxylic acids is 1. The van der Waals surface area contributed by atoms with Crippen molar-refractivity contribution < 1.29 is 9.21 Å². The smallest absolute Gasteiger partial charge is 0.224 e.